The number of nitrogens with two attached hydrogens (primary N) is 1. The van der Waals surface area contributed by atoms with E-state index in [1.54, 1.807) is 7.11 Å². The molecule has 2 rings (SSSR count). The van der Waals surface area contributed by atoms with Gasteiger partial charge < -0.3 is 10.5 Å². The van der Waals surface area contributed by atoms with Gasteiger partial charge in [-0.3, -0.25) is 4.90 Å². The van der Waals surface area contributed by atoms with Crippen LogP contribution in [0.15, 0.2) is 18.2 Å². The number of methoxy groups -OCH3 is 1. The number of nitrogens with zero attached hydrogens (tertiary/aromatic N) is 1. The molecule has 2 N–H and O–H groups in total. The van der Waals surface area contributed by atoms with Crippen LogP contribution >= 0.6 is 24.2 Å². The molecule has 0 aromatic heterocycles. The van der Waals surface area contributed by atoms with Crippen LogP contribution in [0.2, 0.25) is 0 Å². The van der Waals surface area contributed by atoms with Crippen LogP contribution in [0.4, 0.5) is 0 Å². The Kier molecular flexibility index (Phi) is 8.38. The van der Waals surface area contributed by atoms with Crippen molar-refractivity contribution >= 4 is 24.2 Å². The summed E-state index contributed by atoms with van der Waals surface area (Å²) in [5, 5.41) is 0. The summed E-state index contributed by atoms with van der Waals surface area (Å²) < 4.78 is 5.49. The molecule has 0 aliphatic carbocycles. The highest BCUT2D eigenvalue weighted by Crippen LogP contribution is 2.23. The van der Waals surface area contributed by atoms with Crippen molar-refractivity contribution in [1.82, 2.24) is 4.90 Å². The highest BCUT2D eigenvalue weighted by Gasteiger charge is 2.13. The van der Waals surface area contributed by atoms with E-state index in [-0.39, 0.29) is 12.4 Å². The molecule has 1 aliphatic heterocycles. The number of aryl methyl sites for hydroxylation is 1. The Labute approximate surface area is 132 Å². The molecule has 1 fully saturated rings. The molecule has 1 aliphatic rings. The van der Waals surface area contributed by atoms with Crippen molar-refractivity contribution in [1.29, 1.82) is 0 Å². The van der Waals surface area contributed by atoms with Crippen molar-refractivity contribution < 1.29 is 4.74 Å². The number of ether oxygens (including phenoxy) is 1. The van der Waals surface area contributed by atoms with E-state index in [1.165, 1.54) is 35.7 Å². The molecule has 0 atom stereocenters. The smallest absolute Gasteiger partial charge is 0.123 e. The molecule has 0 bridgehead atoms. The average Bonchev–Trinajstić information content (AvgIpc) is 2.46. The first-order chi connectivity index (χ1) is 9.33. The number of halogens is 1. The van der Waals surface area contributed by atoms with Gasteiger partial charge in [0, 0.05) is 36.7 Å². The van der Waals surface area contributed by atoms with Crippen LogP contribution in [0.1, 0.15) is 17.5 Å². The first-order valence-corrected chi connectivity index (χ1v) is 8.15. The van der Waals surface area contributed by atoms with Crippen molar-refractivity contribution in [2.24, 2.45) is 5.73 Å². The van der Waals surface area contributed by atoms with E-state index >= 15 is 0 Å². The van der Waals surface area contributed by atoms with Crippen LogP contribution in [-0.2, 0) is 13.0 Å². The third-order valence-corrected chi connectivity index (χ3v) is 4.45. The molecule has 0 saturated carbocycles. The largest absolute Gasteiger partial charge is 0.496 e. The SMILES string of the molecule is COc1ccc(CCCN)cc1CN1CCSCC1.Cl. The molecule has 0 unspecified atom stereocenters. The van der Waals surface area contributed by atoms with Gasteiger partial charge in [-0.05, 0) is 31.0 Å². The molecular formula is C15H25ClN2OS. The van der Waals surface area contributed by atoms with E-state index in [0.717, 1.165) is 31.7 Å². The van der Waals surface area contributed by atoms with E-state index in [4.69, 9.17) is 10.5 Å². The van der Waals surface area contributed by atoms with E-state index in [1.807, 2.05) is 11.8 Å². The summed E-state index contributed by atoms with van der Waals surface area (Å²) in [4.78, 5) is 2.51. The quantitative estimate of drug-likeness (QED) is 0.875. The van der Waals surface area contributed by atoms with E-state index in [2.05, 4.69) is 23.1 Å². The van der Waals surface area contributed by atoms with Gasteiger partial charge in [-0.15, -0.1) is 12.4 Å². The second-order valence-electron chi connectivity index (χ2n) is 4.93. The van der Waals surface area contributed by atoms with Crippen molar-refractivity contribution in [3.63, 3.8) is 0 Å². The molecule has 1 heterocycles. The summed E-state index contributed by atoms with van der Waals surface area (Å²) in [6, 6.07) is 6.54. The van der Waals surface area contributed by atoms with Crippen LogP contribution < -0.4 is 10.5 Å². The van der Waals surface area contributed by atoms with Crippen LogP contribution in [0.25, 0.3) is 0 Å². The highest BCUT2D eigenvalue weighted by molar-refractivity contribution is 7.99. The first-order valence-electron chi connectivity index (χ1n) is 6.99. The Morgan fingerprint density at radius 2 is 2.05 bits per heavy atom. The highest BCUT2D eigenvalue weighted by atomic mass is 35.5. The maximum atomic E-state index is 5.58. The third-order valence-electron chi connectivity index (χ3n) is 3.51. The summed E-state index contributed by atoms with van der Waals surface area (Å²) in [6.45, 7) is 4.12. The van der Waals surface area contributed by atoms with Gasteiger partial charge in [0.15, 0.2) is 0 Å². The lowest BCUT2D eigenvalue weighted by Gasteiger charge is -2.27. The Bertz CT molecular complexity index is 397. The molecule has 3 nitrogen and oxygen atoms in total. The van der Waals surface area contributed by atoms with Crippen molar-refractivity contribution in [2.45, 2.75) is 19.4 Å². The maximum Gasteiger partial charge on any atom is 0.123 e. The molecule has 1 saturated heterocycles. The van der Waals surface area contributed by atoms with Crippen LogP contribution in [0, 0.1) is 0 Å². The van der Waals surface area contributed by atoms with Gasteiger partial charge in [-0.2, -0.15) is 11.8 Å². The van der Waals surface area contributed by atoms with Crippen molar-refractivity contribution in [2.75, 3.05) is 38.2 Å². The summed E-state index contributed by atoms with van der Waals surface area (Å²) in [5.41, 5.74) is 8.26. The average molecular weight is 317 g/mol. The molecule has 0 radical (unpaired) electrons. The number of rotatable bonds is 6. The Balaban J connectivity index is 0.00000200. The number of benzene rings is 1. The number of hydrogen-bond donors (Lipinski definition) is 1. The topological polar surface area (TPSA) is 38.5 Å². The zero-order chi connectivity index (χ0) is 13.5. The van der Waals surface area contributed by atoms with Gasteiger partial charge in [-0.25, -0.2) is 0 Å². The minimum Gasteiger partial charge on any atom is -0.496 e. The molecule has 20 heavy (non-hydrogen) atoms. The number of hydrogen-bond acceptors (Lipinski definition) is 4. The zero-order valence-electron chi connectivity index (χ0n) is 12.1. The summed E-state index contributed by atoms with van der Waals surface area (Å²) in [6.07, 6.45) is 2.11. The Morgan fingerprint density at radius 3 is 2.70 bits per heavy atom. The van der Waals surface area contributed by atoms with Crippen LogP contribution in [0.3, 0.4) is 0 Å². The Morgan fingerprint density at radius 1 is 1.30 bits per heavy atom. The molecule has 0 spiro atoms. The minimum atomic E-state index is 0. The zero-order valence-corrected chi connectivity index (χ0v) is 13.8. The summed E-state index contributed by atoms with van der Waals surface area (Å²) >= 11 is 2.05. The second kappa shape index (κ2) is 9.50. The monoisotopic (exact) mass is 316 g/mol. The fourth-order valence-electron chi connectivity index (χ4n) is 2.42. The third kappa shape index (κ3) is 5.17. The lowest BCUT2D eigenvalue weighted by molar-refractivity contribution is 0.288. The predicted octanol–water partition coefficient (Wildman–Crippen LogP) is 2.56. The fourth-order valence-corrected chi connectivity index (χ4v) is 3.40. The van der Waals surface area contributed by atoms with Gasteiger partial charge in [0.2, 0.25) is 0 Å². The van der Waals surface area contributed by atoms with Crippen molar-refractivity contribution in [3.05, 3.63) is 29.3 Å². The lowest BCUT2D eigenvalue weighted by Crippen LogP contribution is -2.32. The predicted molar refractivity (Wildman–Crippen MR) is 90.2 cm³/mol. The van der Waals surface area contributed by atoms with Crippen LogP contribution in [0.5, 0.6) is 5.75 Å². The molecule has 1 aromatic carbocycles. The van der Waals surface area contributed by atoms with E-state index in [9.17, 15) is 0 Å². The normalized spacial score (nSPS) is 15.7. The van der Waals surface area contributed by atoms with Crippen LogP contribution in [-0.4, -0.2) is 43.1 Å². The standard InChI is InChI=1S/C15H24N2OS.ClH/c1-18-15-5-4-13(3-2-6-16)11-14(15)12-17-7-9-19-10-8-17;/h4-5,11H,2-3,6-10,12,16H2,1H3;1H. The van der Waals surface area contributed by atoms with Gasteiger partial charge in [0.05, 0.1) is 7.11 Å². The first kappa shape index (κ1) is 17.6. The molecule has 114 valence electrons. The van der Waals surface area contributed by atoms with E-state index in [0.29, 0.717) is 0 Å². The molecule has 0 amide bonds. The van der Waals surface area contributed by atoms with Gasteiger partial charge in [0.1, 0.15) is 5.75 Å². The molecular weight excluding hydrogens is 292 g/mol. The van der Waals surface area contributed by atoms with Gasteiger partial charge in [0.25, 0.3) is 0 Å². The lowest BCUT2D eigenvalue weighted by atomic mass is 10.0. The minimum absolute atomic E-state index is 0. The fraction of sp³-hybridized carbons (Fsp3) is 0.600. The molecule has 5 heteroatoms. The second-order valence-corrected chi connectivity index (χ2v) is 6.15. The number of thioether (sulfide) groups is 1. The Hall–Kier alpha value is -0.420. The van der Waals surface area contributed by atoms with Gasteiger partial charge >= 0.3 is 0 Å². The summed E-state index contributed by atoms with van der Waals surface area (Å²) in [7, 11) is 1.75. The van der Waals surface area contributed by atoms with Gasteiger partial charge in [-0.1, -0.05) is 12.1 Å². The maximum absolute atomic E-state index is 5.58. The summed E-state index contributed by atoms with van der Waals surface area (Å²) in [5.74, 6) is 3.50. The molecule has 1 aromatic rings. The van der Waals surface area contributed by atoms with Crippen molar-refractivity contribution in [3.8, 4) is 5.75 Å². The van der Waals surface area contributed by atoms with E-state index < -0.39 is 0 Å².